The summed E-state index contributed by atoms with van der Waals surface area (Å²) in [5.41, 5.74) is 0.772. The summed E-state index contributed by atoms with van der Waals surface area (Å²) in [5.74, 6) is -0.763. The van der Waals surface area contributed by atoms with E-state index in [4.69, 9.17) is 0 Å². The number of amides is 1. The molecule has 2 rings (SSSR count). The molecule has 0 spiro atoms. The van der Waals surface area contributed by atoms with E-state index in [9.17, 15) is 9.18 Å². The van der Waals surface area contributed by atoms with Gasteiger partial charge in [0.25, 0.3) is 5.91 Å². The third kappa shape index (κ3) is 2.08. The number of H-pyrrole nitrogens is 1. The predicted molar refractivity (Wildman–Crippen MR) is 57.7 cm³/mol. The first-order chi connectivity index (χ1) is 7.66. The number of aromatic nitrogens is 2. The zero-order valence-electron chi connectivity index (χ0n) is 8.62. The highest BCUT2D eigenvalue weighted by atomic mass is 19.1. The van der Waals surface area contributed by atoms with Crippen LogP contribution < -0.4 is 5.32 Å². The lowest BCUT2D eigenvalue weighted by atomic mass is 10.1. The molecule has 0 saturated heterocycles. The Labute approximate surface area is 91.5 Å². The molecule has 0 aliphatic heterocycles. The average Bonchev–Trinajstić information content (AvgIpc) is 2.70. The van der Waals surface area contributed by atoms with Crippen LogP contribution in [0.1, 0.15) is 15.9 Å². The maximum absolute atomic E-state index is 13.4. The monoisotopic (exact) mass is 219 g/mol. The third-order valence-electron chi connectivity index (χ3n) is 2.10. The molecule has 0 radical (unpaired) electrons. The maximum atomic E-state index is 13.4. The fraction of sp³-hybridized carbons (Fsp3) is 0.0909. The summed E-state index contributed by atoms with van der Waals surface area (Å²) in [6, 6.07) is 4.44. The highest BCUT2D eigenvalue weighted by molar-refractivity contribution is 6.03. The number of benzene rings is 1. The van der Waals surface area contributed by atoms with Gasteiger partial charge < -0.3 is 4.98 Å². The highest BCUT2D eigenvalue weighted by Crippen LogP contribution is 2.11. The van der Waals surface area contributed by atoms with Crippen molar-refractivity contribution in [1.82, 2.24) is 9.97 Å². The number of halogens is 1. The van der Waals surface area contributed by atoms with Gasteiger partial charge in [-0.1, -0.05) is 6.07 Å². The molecule has 0 unspecified atom stereocenters. The van der Waals surface area contributed by atoms with Crippen molar-refractivity contribution in [3.05, 3.63) is 47.5 Å². The van der Waals surface area contributed by atoms with Gasteiger partial charge in [0.05, 0.1) is 5.56 Å². The number of aryl methyl sites for hydroxylation is 1. The van der Waals surface area contributed by atoms with Gasteiger partial charge in [0.2, 0.25) is 5.95 Å². The van der Waals surface area contributed by atoms with Gasteiger partial charge in [-0.25, -0.2) is 9.37 Å². The van der Waals surface area contributed by atoms with Gasteiger partial charge in [-0.3, -0.25) is 10.1 Å². The minimum absolute atomic E-state index is 0.00185. The van der Waals surface area contributed by atoms with Crippen LogP contribution in [-0.4, -0.2) is 15.9 Å². The second-order valence-electron chi connectivity index (χ2n) is 3.38. The number of carbonyl (C=O) groups excluding carboxylic acids is 1. The van der Waals surface area contributed by atoms with Crippen LogP contribution in [0.25, 0.3) is 0 Å². The topological polar surface area (TPSA) is 57.8 Å². The Morgan fingerprint density at radius 3 is 2.94 bits per heavy atom. The molecule has 82 valence electrons. The molecule has 1 heterocycles. The predicted octanol–water partition coefficient (Wildman–Crippen LogP) is 2.11. The fourth-order valence-electron chi connectivity index (χ4n) is 1.31. The first kappa shape index (κ1) is 10.4. The third-order valence-corrected chi connectivity index (χ3v) is 2.10. The molecule has 16 heavy (non-hydrogen) atoms. The molecule has 2 aromatic rings. The Balaban J connectivity index is 2.21. The smallest absolute Gasteiger partial charge is 0.260 e. The normalized spacial score (nSPS) is 10.1. The van der Waals surface area contributed by atoms with E-state index in [2.05, 4.69) is 15.3 Å². The molecule has 0 aliphatic rings. The Hall–Kier alpha value is -2.17. The Morgan fingerprint density at radius 1 is 1.50 bits per heavy atom. The molecule has 1 amide bonds. The van der Waals surface area contributed by atoms with Crippen LogP contribution in [-0.2, 0) is 0 Å². The molecule has 2 N–H and O–H groups in total. The average molecular weight is 219 g/mol. The standard InChI is InChI=1S/C11H10FN3O/c1-7-2-3-8(9(12)6-7)10(16)15-11-13-4-5-14-11/h2-6H,1H3,(H2,13,14,15,16). The Morgan fingerprint density at radius 2 is 2.31 bits per heavy atom. The van der Waals surface area contributed by atoms with Crippen LogP contribution in [0.5, 0.6) is 0 Å². The molecule has 0 saturated carbocycles. The minimum atomic E-state index is -0.538. The summed E-state index contributed by atoms with van der Waals surface area (Å²) in [6.45, 7) is 1.76. The number of aromatic amines is 1. The van der Waals surface area contributed by atoms with Crippen molar-refractivity contribution in [2.75, 3.05) is 5.32 Å². The molecule has 0 fully saturated rings. The number of nitrogens with one attached hydrogen (secondary N) is 2. The van der Waals surface area contributed by atoms with E-state index in [0.717, 1.165) is 5.56 Å². The van der Waals surface area contributed by atoms with Crippen molar-refractivity contribution >= 4 is 11.9 Å². The summed E-state index contributed by atoms with van der Waals surface area (Å²) in [4.78, 5) is 18.2. The van der Waals surface area contributed by atoms with Gasteiger partial charge in [-0.05, 0) is 24.6 Å². The molecule has 1 aromatic heterocycles. The van der Waals surface area contributed by atoms with Crippen molar-refractivity contribution in [3.8, 4) is 0 Å². The van der Waals surface area contributed by atoms with E-state index < -0.39 is 11.7 Å². The summed E-state index contributed by atoms with van der Waals surface area (Å²) < 4.78 is 13.4. The maximum Gasteiger partial charge on any atom is 0.260 e. The Kier molecular flexibility index (Phi) is 2.68. The summed E-state index contributed by atoms with van der Waals surface area (Å²) >= 11 is 0. The van der Waals surface area contributed by atoms with Crippen LogP contribution in [0.3, 0.4) is 0 Å². The molecule has 0 atom stereocenters. The van der Waals surface area contributed by atoms with Crippen LogP contribution in [0, 0.1) is 12.7 Å². The molecule has 4 nitrogen and oxygen atoms in total. The number of anilines is 1. The van der Waals surface area contributed by atoms with E-state index in [1.165, 1.54) is 18.3 Å². The van der Waals surface area contributed by atoms with Crippen molar-refractivity contribution in [2.24, 2.45) is 0 Å². The molecule has 1 aromatic carbocycles. The van der Waals surface area contributed by atoms with E-state index in [-0.39, 0.29) is 5.56 Å². The summed E-state index contributed by atoms with van der Waals surface area (Å²) in [5, 5.41) is 2.45. The fourth-order valence-corrected chi connectivity index (χ4v) is 1.31. The number of carbonyl (C=O) groups is 1. The first-order valence-electron chi connectivity index (χ1n) is 4.73. The highest BCUT2D eigenvalue weighted by Gasteiger charge is 2.12. The summed E-state index contributed by atoms with van der Waals surface area (Å²) in [7, 11) is 0. The lowest BCUT2D eigenvalue weighted by Crippen LogP contribution is -2.14. The molecular formula is C11H10FN3O. The summed E-state index contributed by atoms with van der Waals surface area (Å²) in [6.07, 6.45) is 3.07. The lowest BCUT2D eigenvalue weighted by molar-refractivity contribution is 0.102. The van der Waals surface area contributed by atoms with Crippen molar-refractivity contribution in [3.63, 3.8) is 0 Å². The van der Waals surface area contributed by atoms with Crippen LogP contribution in [0.4, 0.5) is 10.3 Å². The van der Waals surface area contributed by atoms with Crippen LogP contribution >= 0.6 is 0 Å². The van der Waals surface area contributed by atoms with Gasteiger partial charge in [0.1, 0.15) is 5.82 Å². The van der Waals surface area contributed by atoms with Gasteiger partial charge in [-0.2, -0.15) is 0 Å². The SMILES string of the molecule is Cc1ccc(C(=O)Nc2ncc[nH]2)c(F)c1. The minimum Gasteiger partial charge on any atom is -0.331 e. The van der Waals surface area contributed by atoms with Crippen molar-refractivity contribution in [1.29, 1.82) is 0 Å². The quantitative estimate of drug-likeness (QED) is 0.812. The molecular weight excluding hydrogens is 209 g/mol. The van der Waals surface area contributed by atoms with Gasteiger partial charge in [0, 0.05) is 12.4 Å². The molecule has 5 heteroatoms. The van der Waals surface area contributed by atoms with E-state index in [1.54, 1.807) is 19.2 Å². The van der Waals surface area contributed by atoms with Crippen molar-refractivity contribution < 1.29 is 9.18 Å². The van der Waals surface area contributed by atoms with Gasteiger partial charge in [-0.15, -0.1) is 0 Å². The largest absolute Gasteiger partial charge is 0.331 e. The lowest BCUT2D eigenvalue weighted by Gasteiger charge is -2.03. The second kappa shape index (κ2) is 4.14. The second-order valence-corrected chi connectivity index (χ2v) is 3.38. The van der Waals surface area contributed by atoms with Crippen LogP contribution in [0.2, 0.25) is 0 Å². The number of imidazole rings is 1. The molecule has 0 bridgehead atoms. The number of hydrogen-bond donors (Lipinski definition) is 2. The number of nitrogens with zero attached hydrogens (tertiary/aromatic N) is 1. The Bertz CT molecular complexity index is 508. The van der Waals surface area contributed by atoms with Gasteiger partial charge >= 0.3 is 0 Å². The van der Waals surface area contributed by atoms with Crippen molar-refractivity contribution in [2.45, 2.75) is 6.92 Å². The van der Waals surface area contributed by atoms with E-state index >= 15 is 0 Å². The van der Waals surface area contributed by atoms with E-state index in [0.29, 0.717) is 5.95 Å². The van der Waals surface area contributed by atoms with Gasteiger partial charge in [0.15, 0.2) is 0 Å². The number of hydrogen-bond acceptors (Lipinski definition) is 2. The zero-order valence-corrected chi connectivity index (χ0v) is 8.62. The molecule has 0 aliphatic carbocycles. The van der Waals surface area contributed by atoms with E-state index in [1.807, 2.05) is 0 Å². The number of rotatable bonds is 2. The van der Waals surface area contributed by atoms with Crippen LogP contribution in [0.15, 0.2) is 30.6 Å². The zero-order chi connectivity index (χ0) is 11.5. The first-order valence-corrected chi connectivity index (χ1v) is 4.73.